The zero-order chi connectivity index (χ0) is 21.3. The second-order valence-corrected chi connectivity index (χ2v) is 10.1. The highest BCUT2D eigenvalue weighted by atomic mass is 32.2. The number of aryl methyl sites for hydroxylation is 1. The second kappa shape index (κ2) is 8.95. The van der Waals surface area contributed by atoms with Gasteiger partial charge in [-0.15, -0.1) is 0 Å². The first-order valence-corrected chi connectivity index (χ1v) is 11.7. The Morgan fingerprint density at radius 3 is 2.63 bits per heavy atom. The predicted molar refractivity (Wildman–Crippen MR) is 119 cm³/mol. The summed E-state index contributed by atoms with van der Waals surface area (Å²) in [6.07, 6.45) is 3.70. The summed E-state index contributed by atoms with van der Waals surface area (Å²) >= 11 is 3.00. The topological polar surface area (TPSA) is 74.8 Å². The van der Waals surface area contributed by atoms with Crippen LogP contribution in [-0.4, -0.2) is 66.9 Å². The van der Waals surface area contributed by atoms with Crippen LogP contribution in [0.15, 0.2) is 27.4 Å². The molecule has 0 bridgehead atoms. The van der Waals surface area contributed by atoms with Gasteiger partial charge in [0.15, 0.2) is 5.13 Å². The number of methoxy groups -OCH3 is 1. The van der Waals surface area contributed by atoms with E-state index in [2.05, 4.69) is 22.2 Å². The number of piperazine rings is 1. The predicted octanol–water partition coefficient (Wildman–Crippen LogP) is 3.35. The smallest absolute Gasteiger partial charge is 0.257 e. The van der Waals surface area contributed by atoms with Gasteiger partial charge in [-0.2, -0.15) is 0 Å². The molecule has 9 heteroatoms. The van der Waals surface area contributed by atoms with Crippen LogP contribution in [0.5, 0.6) is 5.75 Å². The summed E-state index contributed by atoms with van der Waals surface area (Å²) < 4.78 is 6.48. The van der Waals surface area contributed by atoms with Crippen molar-refractivity contribution in [3.63, 3.8) is 0 Å². The van der Waals surface area contributed by atoms with E-state index in [1.807, 2.05) is 24.0 Å². The third-order valence-electron chi connectivity index (χ3n) is 5.39. The number of hydrogen-bond donors (Lipinski definition) is 1. The van der Waals surface area contributed by atoms with E-state index in [4.69, 9.17) is 4.74 Å². The molecule has 0 spiro atoms. The number of benzene rings is 1. The Kier molecular flexibility index (Phi) is 6.31. The zero-order valence-electron chi connectivity index (χ0n) is 17.4. The second-order valence-electron chi connectivity index (χ2n) is 7.76. The fourth-order valence-corrected chi connectivity index (χ4v) is 5.26. The largest absolute Gasteiger partial charge is 0.496 e. The standard InChI is InChI=1S/C21H26N4O3S2/c1-13-10-16(28-3)15(20(27)25-8-6-24(2)7-9-25)11-17(13)29-18-12-22-21(30-18)23-19(26)14-4-5-14/h10-12,14H,4-9H2,1-3H3,(H,22,23,26). The van der Waals surface area contributed by atoms with Crippen LogP contribution < -0.4 is 10.1 Å². The third kappa shape index (κ3) is 4.79. The van der Waals surface area contributed by atoms with Crippen LogP contribution in [0.4, 0.5) is 5.13 Å². The highest BCUT2D eigenvalue weighted by molar-refractivity contribution is 8.01. The summed E-state index contributed by atoms with van der Waals surface area (Å²) in [6, 6.07) is 3.84. The van der Waals surface area contributed by atoms with Crippen molar-refractivity contribution in [2.24, 2.45) is 5.92 Å². The summed E-state index contributed by atoms with van der Waals surface area (Å²) in [5.41, 5.74) is 1.62. The lowest BCUT2D eigenvalue weighted by Gasteiger charge is -2.32. The van der Waals surface area contributed by atoms with Crippen LogP contribution in [0.2, 0.25) is 0 Å². The minimum Gasteiger partial charge on any atom is -0.496 e. The molecule has 1 aliphatic carbocycles. The van der Waals surface area contributed by atoms with Gasteiger partial charge in [0.25, 0.3) is 5.91 Å². The average molecular weight is 447 g/mol. The molecular weight excluding hydrogens is 420 g/mol. The molecule has 4 rings (SSSR count). The van der Waals surface area contributed by atoms with E-state index in [0.29, 0.717) is 29.5 Å². The lowest BCUT2D eigenvalue weighted by molar-refractivity contribution is -0.117. The number of carbonyl (C=O) groups excluding carboxylic acids is 2. The van der Waals surface area contributed by atoms with E-state index in [0.717, 1.165) is 40.6 Å². The molecule has 2 aromatic rings. The number of nitrogens with one attached hydrogen (secondary N) is 1. The highest BCUT2D eigenvalue weighted by Crippen LogP contribution is 2.39. The fourth-order valence-electron chi connectivity index (χ4n) is 3.31. The Morgan fingerprint density at radius 1 is 1.23 bits per heavy atom. The van der Waals surface area contributed by atoms with Gasteiger partial charge < -0.3 is 19.9 Å². The van der Waals surface area contributed by atoms with E-state index >= 15 is 0 Å². The van der Waals surface area contributed by atoms with Gasteiger partial charge in [-0.05, 0) is 44.5 Å². The molecule has 0 radical (unpaired) electrons. The molecule has 7 nitrogen and oxygen atoms in total. The minimum absolute atomic E-state index is 0.00323. The quantitative estimate of drug-likeness (QED) is 0.734. The molecule has 0 unspecified atom stereocenters. The molecule has 0 atom stereocenters. The first-order chi connectivity index (χ1) is 14.4. The summed E-state index contributed by atoms with van der Waals surface area (Å²) in [5, 5.41) is 3.51. The number of amides is 2. The average Bonchev–Trinajstić information content (AvgIpc) is 3.50. The van der Waals surface area contributed by atoms with Crippen LogP contribution >= 0.6 is 23.1 Å². The maximum atomic E-state index is 13.2. The van der Waals surface area contributed by atoms with Crippen molar-refractivity contribution >= 4 is 40.0 Å². The highest BCUT2D eigenvalue weighted by Gasteiger charge is 2.30. The third-order valence-corrected chi connectivity index (χ3v) is 7.57. The van der Waals surface area contributed by atoms with E-state index in [-0.39, 0.29) is 17.7 Å². The number of likely N-dealkylation sites (N-methyl/N-ethyl adjacent to an activating group) is 1. The Bertz CT molecular complexity index is 950. The molecule has 1 aromatic carbocycles. The van der Waals surface area contributed by atoms with Gasteiger partial charge in [0, 0.05) is 37.0 Å². The molecule has 1 aliphatic heterocycles. The molecule has 1 saturated heterocycles. The molecule has 30 heavy (non-hydrogen) atoms. The van der Waals surface area contributed by atoms with Crippen LogP contribution in [0.1, 0.15) is 28.8 Å². The van der Waals surface area contributed by atoms with Crippen LogP contribution in [0.3, 0.4) is 0 Å². The molecule has 1 aromatic heterocycles. The molecule has 2 heterocycles. The van der Waals surface area contributed by atoms with E-state index in [1.165, 1.54) is 11.3 Å². The normalized spacial score (nSPS) is 17.1. The molecular formula is C21H26N4O3S2. The van der Waals surface area contributed by atoms with Crippen molar-refractivity contribution in [1.29, 1.82) is 0 Å². The summed E-state index contributed by atoms with van der Waals surface area (Å²) in [7, 11) is 3.67. The lowest BCUT2D eigenvalue weighted by atomic mass is 10.1. The molecule has 1 N–H and O–H groups in total. The Morgan fingerprint density at radius 2 is 1.97 bits per heavy atom. The zero-order valence-corrected chi connectivity index (χ0v) is 19.1. The van der Waals surface area contributed by atoms with Crippen LogP contribution in [0.25, 0.3) is 0 Å². The Hall–Kier alpha value is -2.10. The number of nitrogens with zero attached hydrogens (tertiary/aromatic N) is 3. The maximum Gasteiger partial charge on any atom is 0.257 e. The van der Waals surface area contributed by atoms with Crippen molar-refractivity contribution in [2.45, 2.75) is 28.9 Å². The number of ether oxygens (including phenoxy) is 1. The molecule has 160 valence electrons. The molecule has 1 saturated carbocycles. The monoisotopic (exact) mass is 446 g/mol. The van der Waals surface area contributed by atoms with Crippen molar-refractivity contribution in [3.05, 3.63) is 29.5 Å². The Balaban J connectivity index is 1.52. The number of carbonyl (C=O) groups is 2. The number of thiazole rings is 1. The van der Waals surface area contributed by atoms with Gasteiger partial charge in [0.05, 0.1) is 23.1 Å². The summed E-state index contributed by atoms with van der Waals surface area (Å²) in [4.78, 5) is 34.5. The fraction of sp³-hybridized carbons (Fsp3) is 0.476. The van der Waals surface area contributed by atoms with Gasteiger partial charge >= 0.3 is 0 Å². The van der Waals surface area contributed by atoms with Crippen molar-refractivity contribution in [1.82, 2.24) is 14.8 Å². The molecule has 2 aliphatic rings. The van der Waals surface area contributed by atoms with Gasteiger partial charge in [0.2, 0.25) is 5.91 Å². The number of aromatic nitrogens is 1. The number of rotatable bonds is 6. The van der Waals surface area contributed by atoms with E-state index in [1.54, 1.807) is 25.1 Å². The summed E-state index contributed by atoms with van der Waals surface area (Å²) in [6.45, 7) is 5.18. The van der Waals surface area contributed by atoms with Gasteiger partial charge in [-0.25, -0.2) is 4.98 Å². The van der Waals surface area contributed by atoms with Gasteiger partial charge in [-0.3, -0.25) is 9.59 Å². The first kappa shape index (κ1) is 21.1. The van der Waals surface area contributed by atoms with Crippen LogP contribution in [0, 0.1) is 12.8 Å². The van der Waals surface area contributed by atoms with Crippen molar-refractivity contribution < 1.29 is 14.3 Å². The lowest BCUT2D eigenvalue weighted by Crippen LogP contribution is -2.47. The van der Waals surface area contributed by atoms with E-state index < -0.39 is 0 Å². The van der Waals surface area contributed by atoms with Crippen molar-refractivity contribution in [2.75, 3.05) is 45.7 Å². The maximum absolute atomic E-state index is 13.2. The van der Waals surface area contributed by atoms with Gasteiger partial charge in [-0.1, -0.05) is 23.1 Å². The van der Waals surface area contributed by atoms with E-state index in [9.17, 15) is 9.59 Å². The van der Waals surface area contributed by atoms with Crippen LogP contribution in [-0.2, 0) is 4.79 Å². The number of anilines is 1. The molecule has 2 amide bonds. The molecule has 2 fully saturated rings. The van der Waals surface area contributed by atoms with Gasteiger partial charge in [0.1, 0.15) is 5.75 Å². The van der Waals surface area contributed by atoms with Crippen molar-refractivity contribution in [3.8, 4) is 5.75 Å². The first-order valence-electron chi connectivity index (χ1n) is 10.1. The summed E-state index contributed by atoms with van der Waals surface area (Å²) in [5.74, 6) is 0.810. The minimum atomic E-state index is 0.00323. The Labute approximate surface area is 184 Å². The SMILES string of the molecule is COc1cc(C)c(Sc2cnc(NC(=O)C3CC3)s2)cc1C(=O)N1CCN(C)CC1. The number of hydrogen-bond acceptors (Lipinski definition) is 7.